The largest absolute Gasteiger partial charge is 0.399 e. The first-order valence-electron chi connectivity index (χ1n) is 5.46. The highest BCUT2D eigenvalue weighted by Crippen LogP contribution is 2.17. The molecule has 0 aromatic heterocycles. The third kappa shape index (κ3) is 4.15. The Labute approximate surface area is 111 Å². The summed E-state index contributed by atoms with van der Waals surface area (Å²) in [5.74, 6) is 0.00820. The molecular formula is C11H17FN2O2S2. The SMILES string of the molecule is CCC(CSC)NS(=O)(=O)c1cc(N)cc(F)c1. The van der Waals surface area contributed by atoms with E-state index >= 15 is 0 Å². The van der Waals surface area contributed by atoms with Gasteiger partial charge in [0.25, 0.3) is 0 Å². The molecular weight excluding hydrogens is 275 g/mol. The number of thioether (sulfide) groups is 1. The molecule has 7 heteroatoms. The first-order valence-corrected chi connectivity index (χ1v) is 8.34. The molecule has 0 amide bonds. The summed E-state index contributed by atoms with van der Waals surface area (Å²) in [4.78, 5) is -0.139. The van der Waals surface area contributed by atoms with Gasteiger partial charge in [-0.1, -0.05) is 6.92 Å². The van der Waals surface area contributed by atoms with Crippen molar-refractivity contribution in [2.24, 2.45) is 0 Å². The molecule has 0 spiro atoms. The van der Waals surface area contributed by atoms with Crippen LogP contribution in [0.1, 0.15) is 13.3 Å². The van der Waals surface area contributed by atoms with E-state index in [1.165, 1.54) is 6.07 Å². The average Bonchev–Trinajstić information content (AvgIpc) is 2.27. The molecule has 0 fully saturated rings. The summed E-state index contributed by atoms with van der Waals surface area (Å²) >= 11 is 1.55. The normalized spacial score (nSPS) is 13.5. The Kier molecular flexibility index (Phi) is 5.43. The lowest BCUT2D eigenvalue weighted by Gasteiger charge is -2.16. The van der Waals surface area contributed by atoms with Crippen LogP contribution >= 0.6 is 11.8 Å². The second-order valence-electron chi connectivity index (χ2n) is 3.90. The van der Waals surface area contributed by atoms with Crippen molar-refractivity contribution in [3.8, 4) is 0 Å². The van der Waals surface area contributed by atoms with Crippen LogP contribution in [0.15, 0.2) is 23.1 Å². The molecule has 0 heterocycles. The topological polar surface area (TPSA) is 72.2 Å². The third-order valence-corrected chi connectivity index (χ3v) is 4.62. The molecule has 1 aromatic rings. The second kappa shape index (κ2) is 6.40. The number of nitrogens with one attached hydrogen (secondary N) is 1. The number of sulfonamides is 1. The van der Waals surface area contributed by atoms with Crippen molar-refractivity contribution in [3.63, 3.8) is 0 Å². The molecule has 1 atom stereocenters. The highest BCUT2D eigenvalue weighted by atomic mass is 32.2. The lowest BCUT2D eigenvalue weighted by atomic mass is 10.3. The van der Waals surface area contributed by atoms with Crippen molar-refractivity contribution in [2.75, 3.05) is 17.7 Å². The third-order valence-electron chi connectivity index (χ3n) is 2.39. The Morgan fingerprint density at radius 2 is 2.11 bits per heavy atom. The molecule has 1 aromatic carbocycles. The van der Waals surface area contributed by atoms with Crippen molar-refractivity contribution >= 4 is 27.5 Å². The minimum atomic E-state index is -3.72. The van der Waals surface area contributed by atoms with E-state index in [1.54, 1.807) is 11.8 Å². The van der Waals surface area contributed by atoms with Crippen LogP contribution < -0.4 is 10.5 Å². The molecule has 0 aliphatic rings. The Bertz CT molecular complexity index is 486. The summed E-state index contributed by atoms with van der Waals surface area (Å²) in [6, 6.07) is 3.12. The first-order chi connectivity index (χ1) is 8.39. The van der Waals surface area contributed by atoms with E-state index in [4.69, 9.17) is 5.73 Å². The number of halogens is 1. The van der Waals surface area contributed by atoms with Gasteiger partial charge in [-0.15, -0.1) is 0 Å². The molecule has 4 nitrogen and oxygen atoms in total. The van der Waals surface area contributed by atoms with E-state index < -0.39 is 15.8 Å². The zero-order valence-electron chi connectivity index (χ0n) is 10.3. The molecule has 0 saturated heterocycles. The summed E-state index contributed by atoms with van der Waals surface area (Å²) in [7, 11) is -3.72. The van der Waals surface area contributed by atoms with E-state index in [1.807, 2.05) is 13.2 Å². The van der Waals surface area contributed by atoms with Crippen LogP contribution in [0.2, 0.25) is 0 Å². The number of nitrogens with two attached hydrogens (primary N) is 1. The van der Waals surface area contributed by atoms with Crippen LogP contribution in [0, 0.1) is 5.82 Å². The fourth-order valence-corrected chi connectivity index (χ4v) is 3.67. The van der Waals surface area contributed by atoms with Gasteiger partial charge in [0, 0.05) is 17.5 Å². The van der Waals surface area contributed by atoms with Gasteiger partial charge in [-0.2, -0.15) is 11.8 Å². The number of anilines is 1. The minimum absolute atomic E-state index is 0.0910. The van der Waals surface area contributed by atoms with Crippen molar-refractivity contribution in [1.29, 1.82) is 0 Å². The zero-order chi connectivity index (χ0) is 13.8. The maximum atomic E-state index is 13.1. The highest BCUT2D eigenvalue weighted by molar-refractivity contribution is 7.98. The lowest BCUT2D eigenvalue weighted by Crippen LogP contribution is -2.36. The van der Waals surface area contributed by atoms with Gasteiger partial charge in [0.1, 0.15) is 5.82 Å². The van der Waals surface area contributed by atoms with Gasteiger partial charge in [-0.3, -0.25) is 0 Å². The van der Waals surface area contributed by atoms with Crippen molar-refractivity contribution in [2.45, 2.75) is 24.3 Å². The fraction of sp³-hybridized carbons (Fsp3) is 0.455. The molecule has 0 radical (unpaired) electrons. The Morgan fingerprint density at radius 1 is 1.44 bits per heavy atom. The molecule has 1 rings (SSSR count). The summed E-state index contributed by atoms with van der Waals surface area (Å²) in [5.41, 5.74) is 5.53. The van der Waals surface area contributed by atoms with Crippen LogP contribution in [0.5, 0.6) is 0 Å². The molecule has 102 valence electrons. The molecule has 0 aliphatic heterocycles. The van der Waals surface area contributed by atoms with Crippen LogP contribution in [-0.4, -0.2) is 26.5 Å². The summed E-state index contributed by atoms with van der Waals surface area (Å²) < 4.78 is 39.8. The Hall–Kier alpha value is -0.790. The van der Waals surface area contributed by atoms with E-state index in [-0.39, 0.29) is 16.6 Å². The highest BCUT2D eigenvalue weighted by Gasteiger charge is 2.19. The van der Waals surface area contributed by atoms with Gasteiger partial charge < -0.3 is 5.73 Å². The fourth-order valence-electron chi connectivity index (χ4n) is 1.46. The van der Waals surface area contributed by atoms with Crippen molar-refractivity contribution in [1.82, 2.24) is 4.72 Å². The number of rotatable bonds is 6. The van der Waals surface area contributed by atoms with E-state index in [9.17, 15) is 12.8 Å². The van der Waals surface area contributed by atoms with Gasteiger partial charge in [0.2, 0.25) is 10.0 Å². The molecule has 3 N–H and O–H groups in total. The quantitative estimate of drug-likeness (QED) is 0.785. The molecule has 0 saturated carbocycles. The van der Waals surface area contributed by atoms with Gasteiger partial charge in [0.15, 0.2) is 0 Å². The van der Waals surface area contributed by atoms with Gasteiger partial charge in [-0.05, 0) is 30.9 Å². The second-order valence-corrected chi connectivity index (χ2v) is 6.53. The molecule has 18 heavy (non-hydrogen) atoms. The van der Waals surface area contributed by atoms with Crippen molar-refractivity contribution in [3.05, 3.63) is 24.0 Å². The number of hydrogen-bond acceptors (Lipinski definition) is 4. The predicted octanol–water partition coefficient (Wildman–Crippen LogP) is 1.83. The van der Waals surface area contributed by atoms with Gasteiger partial charge in [-0.25, -0.2) is 17.5 Å². The Morgan fingerprint density at radius 3 is 2.61 bits per heavy atom. The molecule has 0 bridgehead atoms. The van der Waals surface area contributed by atoms with Crippen LogP contribution in [-0.2, 0) is 10.0 Å². The lowest BCUT2D eigenvalue weighted by molar-refractivity contribution is 0.556. The minimum Gasteiger partial charge on any atom is -0.399 e. The maximum absolute atomic E-state index is 13.1. The van der Waals surface area contributed by atoms with Crippen molar-refractivity contribution < 1.29 is 12.8 Å². The van der Waals surface area contributed by atoms with Crippen LogP contribution in [0.3, 0.4) is 0 Å². The summed E-state index contributed by atoms with van der Waals surface area (Å²) in [6.45, 7) is 1.89. The zero-order valence-corrected chi connectivity index (χ0v) is 11.9. The summed E-state index contributed by atoms with van der Waals surface area (Å²) in [5, 5.41) is 0. The van der Waals surface area contributed by atoms with Gasteiger partial charge in [0.05, 0.1) is 4.90 Å². The predicted molar refractivity (Wildman–Crippen MR) is 73.6 cm³/mol. The number of benzene rings is 1. The molecule has 1 unspecified atom stereocenters. The van der Waals surface area contributed by atoms with E-state index in [0.29, 0.717) is 12.2 Å². The maximum Gasteiger partial charge on any atom is 0.241 e. The molecule has 0 aliphatic carbocycles. The van der Waals surface area contributed by atoms with Crippen LogP contribution in [0.4, 0.5) is 10.1 Å². The first kappa shape index (κ1) is 15.3. The van der Waals surface area contributed by atoms with Gasteiger partial charge >= 0.3 is 0 Å². The Balaban J connectivity index is 2.98. The van der Waals surface area contributed by atoms with Crippen LogP contribution in [0.25, 0.3) is 0 Å². The standard InChI is InChI=1S/C11H17FN2O2S2/c1-3-10(7-17-2)14-18(15,16)11-5-8(12)4-9(13)6-11/h4-6,10,14H,3,7,13H2,1-2H3. The number of hydrogen-bond donors (Lipinski definition) is 2. The number of nitrogen functional groups attached to an aromatic ring is 1. The van der Waals surface area contributed by atoms with E-state index in [0.717, 1.165) is 12.1 Å². The summed E-state index contributed by atoms with van der Waals surface area (Å²) in [6.07, 6.45) is 2.57. The smallest absolute Gasteiger partial charge is 0.241 e. The van der Waals surface area contributed by atoms with E-state index in [2.05, 4.69) is 4.72 Å². The monoisotopic (exact) mass is 292 g/mol. The average molecular weight is 292 g/mol.